The van der Waals surface area contributed by atoms with E-state index in [0.717, 1.165) is 0 Å². The molecule has 0 aliphatic carbocycles. The normalized spacial score (nSPS) is 29.5. The fraction of sp³-hybridized carbons (Fsp3) is 0.625. The SMILES string of the molecule is NC(=O)c1n[nH]c(C2CC(O)C(CO)O2)n1. The molecule has 0 aromatic carbocycles. The topological polar surface area (TPSA) is 134 Å². The molecule has 88 valence electrons. The van der Waals surface area contributed by atoms with Crippen LogP contribution in [0.4, 0.5) is 0 Å². The second-order valence-electron chi connectivity index (χ2n) is 3.56. The average molecular weight is 228 g/mol. The third-order valence-corrected chi connectivity index (χ3v) is 2.43. The lowest BCUT2D eigenvalue weighted by Crippen LogP contribution is -2.24. The third-order valence-electron chi connectivity index (χ3n) is 2.43. The number of hydrogen-bond acceptors (Lipinski definition) is 6. The van der Waals surface area contributed by atoms with E-state index in [-0.39, 0.29) is 12.4 Å². The highest BCUT2D eigenvalue weighted by Gasteiger charge is 2.36. The van der Waals surface area contributed by atoms with Gasteiger partial charge in [0.2, 0.25) is 5.82 Å². The van der Waals surface area contributed by atoms with Crippen LogP contribution in [-0.2, 0) is 4.74 Å². The van der Waals surface area contributed by atoms with Gasteiger partial charge in [-0.2, -0.15) is 0 Å². The van der Waals surface area contributed by atoms with Crippen molar-refractivity contribution in [3.63, 3.8) is 0 Å². The molecule has 1 fully saturated rings. The van der Waals surface area contributed by atoms with Gasteiger partial charge in [0, 0.05) is 6.42 Å². The van der Waals surface area contributed by atoms with Crippen molar-refractivity contribution >= 4 is 5.91 Å². The molecule has 8 nitrogen and oxygen atoms in total. The Morgan fingerprint density at radius 1 is 1.69 bits per heavy atom. The van der Waals surface area contributed by atoms with Crippen LogP contribution in [0.25, 0.3) is 0 Å². The molecule has 8 heteroatoms. The van der Waals surface area contributed by atoms with E-state index < -0.39 is 24.2 Å². The van der Waals surface area contributed by atoms with Gasteiger partial charge >= 0.3 is 0 Å². The molecule has 16 heavy (non-hydrogen) atoms. The number of ether oxygens (including phenoxy) is 1. The molecule has 1 aliphatic rings. The number of H-pyrrole nitrogens is 1. The zero-order valence-electron chi connectivity index (χ0n) is 8.33. The molecule has 0 bridgehead atoms. The number of primary amides is 1. The molecule has 0 saturated carbocycles. The van der Waals surface area contributed by atoms with Crippen molar-refractivity contribution in [1.82, 2.24) is 15.2 Å². The molecule has 5 N–H and O–H groups in total. The van der Waals surface area contributed by atoms with Crippen molar-refractivity contribution in [2.24, 2.45) is 5.73 Å². The number of aromatic amines is 1. The quantitative estimate of drug-likeness (QED) is 0.476. The summed E-state index contributed by atoms with van der Waals surface area (Å²) in [5.74, 6) is -0.538. The smallest absolute Gasteiger partial charge is 0.288 e. The predicted molar refractivity (Wildman–Crippen MR) is 50.2 cm³/mol. The van der Waals surface area contributed by atoms with Gasteiger partial charge in [0.25, 0.3) is 5.91 Å². The summed E-state index contributed by atoms with van der Waals surface area (Å²) in [5.41, 5.74) is 4.99. The number of carbonyl (C=O) groups is 1. The fourth-order valence-electron chi connectivity index (χ4n) is 1.60. The maximum Gasteiger partial charge on any atom is 0.288 e. The molecular weight excluding hydrogens is 216 g/mol. The van der Waals surface area contributed by atoms with Crippen molar-refractivity contribution < 1.29 is 19.7 Å². The van der Waals surface area contributed by atoms with Crippen LogP contribution in [0.1, 0.15) is 29.0 Å². The molecule has 2 heterocycles. The Hall–Kier alpha value is -1.51. The number of nitrogens with one attached hydrogen (secondary N) is 1. The maximum absolute atomic E-state index is 10.8. The minimum absolute atomic E-state index is 0.125. The summed E-state index contributed by atoms with van der Waals surface area (Å²) < 4.78 is 5.32. The van der Waals surface area contributed by atoms with Gasteiger partial charge < -0.3 is 20.7 Å². The lowest BCUT2D eigenvalue weighted by molar-refractivity contribution is -0.0246. The van der Waals surface area contributed by atoms with Crippen LogP contribution in [0.15, 0.2) is 0 Å². The number of nitrogens with two attached hydrogens (primary N) is 1. The molecule has 1 amide bonds. The molecule has 0 radical (unpaired) electrons. The van der Waals surface area contributed by atoms with Gasteiger partial charge in [0.05, 0.1) is 12.7 Å². The highest BCUT2D eigenvalue weighted by Crippen LogP contribution is 2.30. The number of nitrogens with zero attached hydrogens (tertiary/aromatic N) is 2. The van der Waals surface area contributed by atoms with Crippen LogP contribution in [-0.4, -0.2) is 50.1 Å². The van der Waals surface area contributed by atoms with Crippen molar-refractivity contribution in [3.05, 3.63) is 11.6 Å². The van der Waals surface area contributed by atoms with Crippen molar-refractivity contribution in [3.8, 4) is 0 Å². The first kappa shape index (κ1) is 11.0. The second-order valence-corrected chi connectivity index (χ2v) is 3.56. The first-order valence-electron chi connectivity index (χ1n) is 4.78. The Labute approximate surface area is 90.4 Å². The monoisotopic (exact) mass is 228 g/mol. The minimum atomic E-state index is -0.753. The summed E-state index contributed by atoms with van der Waals surface area (Å²) in [6, 6.07) is 0. The van der Waals surface area contributed by atoms with E-state index in [1.165, 1.54) is 0 Å². The van der Waals surface area contributed by atoms with Crippen LogP contribution < -0.4 is 5.73 Å². The summed E-state index contributed by atoms with van der Waals surface area (Å²) in [7, 11) is 0. The Bertz CT molecular complexity index is 393. The number of carbonyl (C=O) groups excluding carboxylic acids is 1. The first-order valence-corrected chi connectivity index (χ1v) is 4.78. The van der Waals surface area contributed by atoms with E-state index >= 15 is 0 Å². The summed E-state index contributed by atoms with van der Waals surface area (Å²) in [6.07, 6.45) is -1.60. The summed E-state index contributed by atoms with van der Waals surface area (Å²) in [4.78, 5) is 14.6. The van der Waals surface area contributed by atoms with E-state index in [0.29, 0.717) is 12.2 Å². The molecule has 3 atom stereocenters. The number of amides is 1. The van der Waals surface area contributed by atoms with Crippen LogP contribution in [0.5, 0.6) is 0 Å². The van der Waals surface area contributed by atoms with Gasteiger partial charge in [-0.15, -0.1) is 5.10 Å². The predicted octanol–water partition coefficient (Wildman–Crippen LogP) is -1.91. The molecule has 2 rings (SSSR count). The lowest BCUT2D eigenvalue weighted by atomic mass is 10.1. The molecule has 3 unspecified atom stereocenters. The molecular formula is C8H12N4O4. The van der Waals surface area contributed by atoms with Gasteiger partial charge in [0.15, 0.2) is 5.82 Å². The molecule has 0 spiro atoms. The lowest BCUT2D eigenvalue weighted by Gasteiger charge is -2.09. The number of hydrogen-bond donors (Lipinski definition) is 4. The van der Waals surface area contributed by atoms with Crippen LogP contribution in [0.3, 0.4) is 0 Å². The Balaban J connectivity index is 2.11. The number of aliphatic hydroxyl groups excluding tert-OH is 2. The molecule has 1 aromatic rings. The minimum Gasteiger partial charge on any atom is -0.394 e. The van der Waals surface area contributed by atoms with E-state index in [4.69, 9.17) is 15.6 Å². The molecule has 1 aliphatic heterocycles. The Kier molecular flexibility index (Phi) is 2.86. The van der Waals surface area contributed by atoms with E-state index in [1.807, 2.05) is 0 Å². The average Bonchev–Trinajstić information content (AvgIpc) is 2.83. The Morgan fingerprint density at radius 3 is 2.94 bits per heavy atom. The van der Waals surface area contributed by atoms with Crippen molar-refractivity contribution in [1.29, 1.82) is 0 Å². The number of rotatable bonds is 3. The second kappa shape index (κ2) is 4.16. The fourth-order valence-corrected chi connectivity index (χ4v) is 1.60. The van der Waals surface area contributed by atoms with Gasteiger partial charge in [-0.3, -0.25) is 9.89 Å². The van der Waals surface area contributed by atoms with Crippen LogP contribution in [0.2, 0.25) is 0 Å². The maximum atomic E-state index is 10.8. The zero-order valence-corrected chi connectivity index (χ0v) is 8.33. The largest absolute Gasteiger partial charge is 0.394 e. The molecule has 1 aromatic heterocycles. The summed E-state index contributed by atoms with van der Waals surface area (Å²) in [6.45, 7) is -0.269. The van der Waals surface area contributed by atoms with E-state index in [1.54, 1.807) is 0 Å². The Morgan fingerprint density at radius 2 is 2.44 bits per heavy atom. The number of aromatic nitrogens is 3. The van der Waals surface area contributed by atoms with Gasteiger partial charge in [0.1, 0.15) is 12.2 Å². The van der Waals surface area contributed by atoms with Gasteiger partial charge in [-0.1, -0.05) is 0 Å². The highest BCUT2D eigenvalue weighted by atomic mass is 16.5. The van der Waals surface area contributed by atoms with Crippen molar-refractivity contribution in [2.75, 3.05) is 6.61 Å². The van der Waals surface area contributed by atoms with Crippen LogP contribution in [0, 0.1) is 0 Å². The summed E-state index contributed by atoms with van der Waals surface area (Å²) in [5, 5.41) is 24.5. The zero-order chi connectivity index (χ0) is 11.7. The van der Waals surface area contributed by atoms with E-state index in [9.17, 15) is 9.90 Å². The standard InChI is InChI=1S/C8H12N4O4/c9-6(15)8-10-7(11-12-8)4-1-3(14)5(2-13)16-4/h3-5,13-14H,1-2H2,(H2,9,15)(H,10,11,12). The van der Waals surface area contributed by atoms with Crippen LogP contribution >= 0.6 is 0 Å². The first-order chi connectivity index (χ1) is 7.61. The van der Waals surface area contributed by atoms with Gasteiger partial charge in [-0.25, -0.2) is 4.98 Å². The number of aliphatic hydroxyl groups is 2. The van der Waals surface area contributed by atoms with Gasteiger partial charge in [-0.05, 0) is 0 Å². The third kappa shape index (κ3) is 1.90. The molecule has 1 saturated heterocycles. The summed E-state index contributed by atoms with van der Waals surface area (Å²) >= 11 is 0. The van der Waals surface area contributed by atoms with Crippen molar-refractivity contribution in [2.45, 2.75) is 24.7 Å². The highest BCUT2D eigenvalue weighted by molar-refractivity contribution is 5.88. The van der Waals surface area contributed by atoms with E-state index in [2.05, 4.69) is 15.2 Å².